The molecule has 26 nitrogen and oxygen atoms in total. The fourth-order valence-electron chi connectivity index (χ4n) is 8.24. The van der Waals surface area contributed by atoms with E-state index in [1.165, 1.54) is 6.92 Å². The highest BCUT2D eigenvalue weighted by molar-refractivity contribution is 5.96. The number of amides is 8. The number of aliphatic imine (C=N–C) groups is 2. The van der Waals surface area contributed by atoms with Crippen LogP contribution in [-0.2, 0) is 51.2 Å². The zero-order chi connectivity index (χ0) is 54.2. The average Bonchev–Trinajstić information content (AvgIpc) is 3.76. The van der Waals surface area contributed by atoms with Gasteiger partial charge in [0.15, 0.2) is 11.9 Å². The molecule has 0 aliphatic carbocycles. The summed E-state index contributed by atoms with van der Waals surface area (Å²) in [6.07, 6.45) is -0.0873. The van der Waals surface area contributed by atoms with Crippen molar-refractivity contribution in [2.45, 2.75) is 126 Å². The van der Waals surface area contributed by atoms with Crippen molar-refractivity contribution in [3.05, 3.63) is 71.9 Å². The van der Waals surface area contributed by atoms with Gasteiger partial charge in [-0.3, -0.25) is 53.7 Å². The van der Waals surface area contributed by atoms with Gasteiger partial charge in [0.05, 0.1) is 12.1 Å². The van der Waals surface area contributed by atoms with Crippen molar-refractivity contribution in [2.75, 3.05) is 26.2 Å². The first kappa shape index (κ1) is 58.7. The number of nitrogens with two attached hydrogens (primary N) is 6. The summed E-state index contributed by atoms with van der Waals surface area (Å²) in [5, 5.41) is 34.5. The van der Waals surface area contributed by atoms with Crippen molar-refractivity contribution < 1.29 is 43.5 Å². The summed E-state index contributed by atoms with van der Waals surface area (Å²) < 4.78 is 0. The molecule has 22 N–H and O–H groups in total. The monoisotopic (exact) mass is 1030 g/mol. The molecule has 0 bridgehead atoms. The van der Waals surface area contributed by atoms with Crippen LogP contribution < -0.4 is 76.9 Å². The number of aliphatic hydroxyl groups is 1. The maximum atomic E-state index is 14.6. The number of para-hydroxylation sites is 1. The maximum absolute atomic E-state index is 14.6. The summed E-state index contributed by atoms with van der Waals surface area (Å²) in [4.78, 5) is 121. The number of nitrogens with one attached hydrogen (secondary N) is 9. The van der Waals surface area contributed by atoms with E-state index in [1.807, 2.05) is 24.3 Å². The third-order valence-electron chi connectivity index (χ3n) is 12.1. The van der Waals surface area contributed by atoms with Crippen molar-refractivity contribution in [2.24, 2.45) is 44.4 Å². The van der Waals surface area contributed by atoms with Crippen LogP contribution in [-0.4, -0.2) is 144 Å². The van der Waals surface area contributed by atoms with Gasteiger partial charge in [-0.25, -0.2) is 0 Å². The molecule has 3 aromatic rings. The van der Waals surface area contributed by atoms with Crippen LogP contribution in [0.3, 0.4) is 0 Å². The van der Waals surface area contributed by atoms with Crippen LogP contribution in [0.1, 0.15) is 75.8 Å². The lowest BCUT2D eigenvalue weighted by molar-refractivity contribution is -0.135. The fourth-order valence-corrected chi connectivity index (χ4v) is 8.24. The lowest BCUT2D eigenvalue weighted by Gasteiger charge is -2.31. The van der Waals surface area contributed by atoms with Crippen LogP contribution in [0.2, 0.25) is 0 Å². The Hall–Kier alpha value is -7.84. The predicted molar refractivity (Wildman–Crippen MR) is 277 cm³/mol. The minimum atomic E-state index is -1.66. The number of carbonyl (C=O) groups is 8. The molecule has 74 heavy (non-hydrogen) atoms. The van der Waals surface area contributed by atoms with Crippen LogP contribution in [0, 0.1) is 0 Å². The number of hydrogen-bond donors (Lipinski definition) is 16. The minimum absolute atomic E-state index is 0.00195. The van der Waals surface area contributed by atoms with Crippen molar-refractivity contribution in [3.8, 4) is 0 Å². The van der Waals surface area contributed by atoms with Gasteiger partial charge in [0, 0.05) is 56.5 Å². The molecule has 1 aliphatic rings. The molecule has 0 radical (unpaired) electrons. The van der Waals surface area contributed by atoms with E-state index in [1.54, 1.807) is 36.5 Å². The summed E-state index contributed by atoms with van der Waals surface area (Å²) in [6, 6.07) is 7.08. The summed E-state index contributed by atoms with van der Waals surface area (Å²) in [5.41, 5.74) is 35.9. The van der Waals surface area contributed by atoms with Gasteiger partial charge in [-0.15, -0.1) is 0 Å². The second-order valence-electron chi connectivity index (χ2n) is 17.9. The Bertz CT molecular complexity index is 2430. The number of benzene rings is 2. The van der Waals surface area contributed by atoms with E-state index >= 15 is 0 Å². The van der Waals surface area contributed by atoms with Gasteiger partial charge < -0.3 is 81.7 Å². The van der Waals surface area contributed by atoms with Crippen molar-refractivity contribution >= 4 is 70.1 Å². The van der Waals surface area contributed by atoms with Crippen LogP contribution >= 0.6 is 0 Å². The molecule has 1 unspecified atom stereocenters. The van der Waals surface area contributed by atoms with Gasteiger partial charge in [0.2, 0.25) is 47.3 Å². The second-order valence-corrected chi connectivity index (χ2v) is 17.9. The molecule has 2 heterocycles. The lowest BCUT2D eigenvalue weighted by Crippen LogP contribution is -2.61. The Balaban J connectivity index is 1.75. The first-order valence-electron chi connectivity index (χ1n) is 24.5. The summed E-state index contributed by atoms with van der Waals surface area (Å²) in [6.45, 7) is 1.32. The molecule has 0 spiro atoms. The van der Waals surface area contributed by atoms with Gasteiger partial charge >= 0.3 is 0 Å². The Labute approximate surface area is 428 Å². The SMILES string of the molecule is CC(=O)N[C@@H](CCCN=C(N)N)C(=O)N[C@H]1CCC(=O)NCCC[C@@H](C(N)=O)NC(=O)[C@H](Cc2c[nH]c3ccccc23)NC(O)[C@H](CCCN=C(N)N)NC(=O)[C@@H](Cc2ccccc2)NC(=O)[C@H](CCN)NC1=O. The molecule has 1 aliphatic heterocycles. The largest absolute Gasteiger partial charge is 0.376 e. The molecule has 1 saturated heterocycles. The van der Waals surface area contributed by atoms with Crippen LogP contribution in [0.5, 0.6) is 0 Å². The molecule has 26 heteroatoms. The number of primary amides is 1. The van der Waals surface area contributed by atoms with Gasteiger partial charge in [-0.2, -0.15) is 0 Å². The van der Waals surface area contributed by atoms with Crippen LogP contribution in [0.25, 0.3) is 10.9 Å². The Morgan fingerprint density at radius 2 is 1.41 bits per heavy atom. The number of carbonyl (C=O) groups excluding carboxylic acids is 8. The van der Waals surface area contributed by atoms with Gasteiger partial charge in [0.1, 0.15) is 36.4 Å². The van der Waals surface area contributed by atoms with Gasteiger partial charge in [0.25, 0.3) is 0 Å². The number of fused-ring (bicyclic) bond motifs is 1. The van der Waals surface area contributed by atoms with Gasteiger partial charge in [-0.05, 0) is 81.5 Å². The Morgan fingerprint density at radius 1 is 0.757 bits per heavy atom. The highest BCUT2D eigenvalue weighted by atomic mass is 16.3. The average molecular weight is 1030 g/mol. The van der Waals surface area contributed by atoms with E-state index in [4.69, 9.17) is 34.4 Å². The van der Waals surface area contributed by atoms with Crippen molar-refractivity contribution in [1.29, 1.82) is 0 Å². The van der Waals surface area contributed by atoms with Crippen molar-refractivity contribution in [1.82, 2.24) is 47.5 Å². The standard InChI is InChI=1S/C48H73N17O9/c1-27(66)59-33(15-8-22-56-47(51)52)41(69)62-35-17-18-39(67)55-21-7-14-32(40(50)68)60-46(74)38(25-29-26-58-31-13-6-5-12-30(29)31)65-42(70)34(16-9-23-57-48(53)54)61-45(73)37(24-28-10-3-2-4-11-28)64-44(72)36(19-20-49)63-43(35)71/h2-6,10-13,26,32-38,42,58,65,70H,7-9,14-25,49H2,1H3,(H2,50,68)(H,55,67)(H,59,66)(H,60,74)(H,61,73)(H,62,69)(H,63,71)(H,64,72)(H4,51,52,56)(H4,53,54,57)/t32-,33-,34-,35-,36-,37+,38-,42?/m0/s1. The smallest absolute Gasteiger partial charge is 0.243 e. The topological polar surface area (TPSA) is 450 Å². The Kier molecular flexibility index (Phi) is 24.0. The molecule has 1 fully saturated rings. The molecule has 1 aromatic heterocycles. The number of hydrogen-bond acceptors (Lipinski definition) is 13. The number of H-pyrrole nitrogens is 1. The highest BCUT2D eigenvalue weighted by Crippen LogP contribution is 2.20. The van der Waals surface area contributed by atoms with E-state index in [0.717, 1.165) is 10.9 Å². The number of aliphatic hydroxyl groups excluding tert-OH is 1. The summed E-state index contributed by atoms with van der Waals surface area (Å²) >= 11 is 0. The molecule has 4 rings (SSSR count). The first-order valence-corrected chi connectivity index (χ1v) is 24.5. The molecule has 2 aromatic carbocycles. The lowest BCUT2D eigenvalue weighted by atomic mass is 10.0. The van der Waals surface area contributed by atoms with E-state index in [9.17, 15) is 43.5 Å². The molecule has 404 valence electrons. The van der Waals surface area contributed by atoms with Crippen LogP contribution in [0.4, 0.5) is 0 Å². The zero-order valence-corrected chi connectivity index (χ0v) is 41.6. The van der Waals surface area contributed by atoms with E-state index in [2.05, 4.69) is 57.5 Å². The van der Waals surface area contributed by atoms with E-state index in [0.29, 0.717) is 11.1 Å². The van der Waals surface area contributed by atoms with E-state index in [-0.39, 0.29) is 109 Å². The first-order chi connectivity index (χ1) is 35.3. The zero-order valence-electron chi connectivity index (χ0n) is 41.6. The number of nitrogens with zero attached hydrogens (tertiary/aromatic N) is 2. The van der Waals surface area contributed by atoms with Gasteiger partial charge in [-0.1, -0.05) is 48.5 Å². The predicted octanol–water partition coefficient (Wildman–Crippen LogP) is -4.21. The number of aromatic nitrogens is 1. The third kappa shape index (κ3) is 20.0. The van der Waals surface area contributed by atoms with E-state index < -0.39 is 95.8 Å². The number of aromatic amines is 1. The third-order valence-corrected chi connectivity index (χ3v) is 12.1. The molecule has 8 amide bonds. The number of guanidine groups is 2. The molecular formula is C48H73N17O9. The molecule has 8 atom stereocenters. The summed E-state index contributed by atoms with van der Waals surface area (Å²) in [5.74, 6) is -6.31. The van der Waals surface area contributed by atoms with Crippen molar-refractivity contribution in [3.63, 3.8) is 0 Å². The quantitative estimate of drug-likeness (QED) is 0.0326. The minimum Gasteiger partial charge on any atom is -0.376 e. The van der Waals surface area contributed by atoms with Crippen LogP contribution in [0.15, 0.2) is 70.8 Å². The molecular weight excluding hydrogens is 959 g/mol. The molecule has 0 saturated carbocycles. The maximum Gasteiger partial charge on any atom is 0.243 e. The number of rotatable bonds is 18. The summed E-state index contributed by atoms with van der Waals surface area (Å²) in [7, 11) is 0. The highest BCUT2D eigenvalue weighted by Gasteiger charge is 2.35. The Morgan fingerprint density at radius 3 is 2.08 bits per heavy atom. The fraction of sp³-hybridized carbons (Fsp3) is 0.500. The normalized spacial score (nSPS) is 22.3. The second kappa shape index (κ2) is 30.3.